The molecule has 0 bridgehead atoms. The minimum absolute atomic E-state index is 0.184. The Morgan fingerprint density at radius 1 is 1.47 bits per heavy atom. The number of nitrogens with zero attached hydrogens (tertiary/aromatic N) is 1. The Bertz CT molecular complexity index is 304. The lowest BCUT2D eigenvalue weighted by Gasteiger charge is -2.11. The fourth-order valence-corrected chi connectivity index (χ4v) is 2.20. The highest BCUT2D eigenvalue weighted by molar-refractivity contribution is 7.99. The van der Waals surface area contributed by atoms with Crippen LogP contribution in [0.15, 0.2) is 23.4 Å². The molecule has 0 amide bonds. The Kier molecular flexibility index (Phi) is 5.08. The standard InChI is InChI=1S/C11H17NO2S/c1-8(6-13)7-15-11-10(9(2)14)4-3-5-12-11/h3-5,8-9,13-14H,6-7H2,1-2H3. The van der Waals surface area contributed by atoms with Crippen LogP contribution in [0, 0.1) is 5.92 Å². The lowest BCUT2D eigenvalue weighted by atomic mass is 10.2. The summed E-state index contributed by atoms with van der Waals surface area (Å²) in [5.41, 5.74) is 0.854. The van der Waals surface area contributed by atoms with E-state index >= 15 is 0 Å². The van der Waals surface area contributed by atoms with E-state index in [1.165, 1.54) is 0 Å². The first-order valence-corrected chi connectivity index (χ1v) is 6.00. The van der Waals surface area contributed by atoms with Gasteiger partial charge < -0.3 is 10.2 Å². The maximum atomic E-state index is 9.52. The third-order valence-electron chi connectivity index (χ3n) is 2.07. The highest BCUT2D eigenvalue weighted by atomic mass is 32.2. The number of rotatable bonds is 5. The SMILES string of the molecule is CC(CO)CSc1ncccc1C(C)O. The summed E-state index contributed by atoms with van der Waals surface area (Å²) < 4.78 is 0. The van der Waals surface area contributed by atoms with Crippen LogP contribution in [0.3, 0.4) is 0 Å². The molecule has 0 saturated carbocycles. The molecule has 1 heterocycles. The zero-order valence-electron chi connectivity index (χ0n) is 9.05. The van der Waals surface area contributed by atoms with Gasteiger partial charge in [0.25, 0.3) is 0 Å². The molecule has 1 rings (SSSR count). The molecule has 1 aromatic rings. The first-order chi connectivity index (χ1) is 7.15. The number of aliphatic hydroxyl groups excluding tert-OH is 2. The molecule has 0 aromatic carbocycles. The minimum Gasteiger partial charge on any atom is -0.396 e. The van der Waals surface area contributed by atoms with E-state index in [0.717, 1.165) is 16.3 Å². The predicted octanol–water partition coefficient (Wildman–Crippen LogP) is 1.86. The zero-order chi connectivity index (χ0) is 11.3. The van der Waals surface area contributed by atoms with Gasteiger partial charge in [0.15, 0.2) is 0 Å². The van der Waals surface area contributed by atoms with Crippen molar-refractivity contribution in [1.29, 1.82) is 0 Å². The molecular formula is C11H17NO2S. The molecule has 0 aliphatic carbocycles. The molecule has 3 nitrogen and oxygen atoms in total. The summed E-state index contributed by atoms with van der Waals surface area (Å²) in [4.78, 5) is 4.23. The number of hydrogen-bond donors (Lipinski definition) is 2. The van der Waals surface area contributed by atoms with Crippen LogP contribution < -0.4 is 0 Å². The molecule has 0 radical (unpaired) electrons. The van der Waals surface area contributed by atoms with Gasteiger partial charge in [-0.1, -0.05) is 13.0 Å². The zero-order valence-corrected chi connectivity index (χ0v) is 9.87. The Morgan fingerprint density at radius 3 is 2.80 bits per heavy atom. The molecule has 2 atom stereocenters. The molecular weight excluding hydrogens is 210 g/mol. The smallest absolute Gasteiger partial charge is 0.102 e. The van der Waals surface area contributed by atoms with Crippen LogP contribution in [-0.4, -0.2) is 27.6 Å². The van der Waals surface area contributed by atoms with Crippen molar-refractivity contribution in [1.82, 2.24) is 4.98 Å². The molecule has 2 unspecified atom stereocenters. The fourth-order valence-electron chi connectivity index (χ4n) is 1.12. The van der Waals surface area contributed by atoms with Gasteiger partial charge in [0.05, 0.1) is 6.10 Å². The number of thioether (sulfide) groups is 1. The lowest BCUT2D eigenvalue weighted by Crippen LogP contribution is -2.04. The molecule has 2 N–H and O–H groups in total. The second kappa shape index (κ2) is 6.10. The molecule has 4 heteroatoms. The molecule has 1 aromatic heterocycles. The third kappa shape index (κ3) is 3.81. The Balaban J connectivity index is 2.67. The van der Waals surface area contributed by atoms with Crippen LogP contribution in [0.4, 0.5) is 0 Å². The Morgan fingerprint density at radius 2 is 2.20 bits per heavy atom. The second-order valence-electron chi connectivity index (χ2n) is 3.67. The number of pyridine rings is 1. The van der Waals surface area contributed by atoms with E-state index < -0.39 is 6.10 Å². The van der Waals surface area contributed by atoms with Crippen LogP contribution in [0.1, 0.15) is 25.5 Å². The summed E-state index contributed by atoms with van der Waals surface area (Å²) >= 11 is 1.58. The first kappa shape index (κ1) is 12.5. The average Bonchev–Trinajstić information content (AvgIpc) is 2.26. The highest BCUT2D eigenvalue weighted by Crippen LogP contribution is 2.26. The summed E-state index contributed by atoms with van der Waals surface area (Å²) in [6.45, 7) is 3.90. The van der Waals surface area contributed by atoms with Gasteiger partial charge in [-0.25, -0.2) is 4.98 Å². The van der Waals surface area contributed by atoms with Crippen molar-refractivity contribution < 1.29 is 10.2 Å². The molecule has 84 valence electrons. The topological polar surface area (TPSA) is 53.4 Å². The Hall–Kier alpha value is -0.580. The molecule has 15 heavy (non-hydrogen) atoms. The van der Waals surface area contributed by atoms with Gasteiger partial charge >= 0.3 is 0 Å². The van der Waals surface area contributed by atoms with Crippen molar-refractivity contribution >= 4 is 11.8 Å². The van der Waals surface area contributed by atoms with E-state index in [0.29, 0.717) is 0 Å². The van der Waals surface area contributed by atoms with Crippen molar-refractivity contribution in [3.63, 3.8) is 0 Å². The van der Waals surface area contributed by atoms with Gasteiger partial charge in [0, 0.05) is 24.1 Å². The minimum atomic E-state index is -0.495. The summed E-state index contributed by atoms with van der Waals surface area (Å²) in [5, 5.41) is 19.3. The maximum Gasteiger partial charge on any atom is 0.102 e. The van der Waals surface area contributed by atoms with Gasteiger partial charge in [-0.3, -0.25) is 0 Å². The van der Waals surface area contributed by atoms with Crippen molar-refractivity contribution in [2.24, 2.45) is 5.92 Å². The van der Waals surface area contributed by atoms with E-state index in [2.05, 4.69) is 4.98 Å². The number of aromatic nitrogens is 1. The van der Waals surface area contributed by atoms with Crippen LogP contribution in [0.2, 0.25) is 0 Å². The highest BCUT2D eigenvalue weighted by Gasteiger charge is 2.10. The molecule has 0 aliphatic heterocycles. The molecule has 0 saturated heterocycles. The lowest BCUT2D eigenvalue weighted by molar-refractivity contribution is 0.195. The first-order valence-electron chi connectivity index (χ1n) is 5.01. The summed E-state index contributed by atoms with van der Waals surface area (Å²) in [6, 6.07) is 3.70. The van der Waals surface area contributed by atoms with Crippen molar-refractivity contribution in [2.75, 3.05) is 12.4 Å². The monoisotopic (exact) mass is 227 g/mol. The van der Waals surface area contributed by atoms with Crippen LogP contribution in [0.25, 0.3) is 0 Å². The average molecular weight is 227 g/mol. The molecule has 0 spiro atoms. The van der Waals surface area contributed by atoms with Gasteiger partial charge in [-0.05, 0) is 18.9 Å². The number of hydrogen-bond acceptors (Lipinski definition) is 4. The molecule has 0 fully saturated rings. The summed E-state index contributed by atoms with van der Waals surface area (Å²) in [5.74, 6) is 1.06. The van der Waals surface area contributed by atoms with E-state index in [9.17, 15) is 5.11 Å². The van der Waals surface area contributed by atoms with Crippen LogP contribution >= 0.6 is 11.8 Å². The summed E-state index contributed by atoms with van der Waals surface area (Å²) in [6.07, 6.45) is 1.23. The van der Waals surface area contributed by atoms with Gasteiger partial charge in [-0.2, -0.15) is 0 Å². The van der Waals surface area contributed by atoms with Gasteiger partial charge in [0.1, 0.15) is 5.03 Å². The van der Waals surface area contributed by atoms with Crippen molar-refractivity contribution in [3.8, 4) is 0 Å². The summed E-state index contributed by atoms with van der Waals surface area (Å²) in [7, 11) is 0. The van der Waals surface area contributed by atoms with Gasteiger partial charge in [-0.15, -0.1) is 11.8 Å². The Labute approximate surface area is 94.6 Å². The van der Waals surface area contributed by atoms with E-state index in [4.69, 9.17) is 5.11 Å². The quantitative estimate of drug-likeness (QED) is 0.754. The van der Waals surface area contributed by atoms with Gasteiger partial charge in [0.2, 0.25) is 0 Å². The molecule has 0 aliphatic rings. The fraction of sp³-hybridized carbons (Fsp3) is 0.545. The van der Waals surface area contributed by atoms with Crippen molar-refractivity contribution in [3.05, 3.63) is 23.9 Å². The third-order valence-corrected chi connectivity index (χ3v) is 3.42. The largest absolute Gasteiger partial charge is 0.396 e. The number of aliphatic hydroxyl groups is 2. The van der Waals surface area contributed by atoms with Crippen molar-refractivity contribution in [2.45, 2.75) is 25.0 Å². The predicted molar refractivity (Wildman–Crippen MR) is 61.8 cm³/mol. The normalized spacial score (nSPS) is 14.9. The second-order valence-corrected chi connectivity index (χ2v) is 4.68. The van der Waals surface area contributed by atoms with Crippen LogP contribution in [0.5, 0.6) is 0 Å². The van der Waals surface area contributed by atoms with E-state index in [1.807, 2.05) is 19.1 Å². The van der Waals surface area contributed by atoms with E-state index in [-0.39, 0.29) is 12.5 Å². The van der Waals surface area contributed by atoms with E-state index in [1.54, 1.807) is 24.9 Å². The van der Waals surface area contributed by atoms with Crippen LogP contribution in [-0.2, 0) is 0 Å². The maximum absolute atomic E-state index is 9.52.